The van der Waals surface area contributed by atoms with Crippen molar-refractivity contribution in [3.05, 3.63) is 35.5 Å². The minimum Gasteiger partial charge on any atom is -0.478 e. The molecule has 0 fully saturated rings. The van der Waals surface area contributed by atoms with Crippen molar-refractivity contribution in [2.45, 2.75) is 27.7 Å². The van der Waals surface area contributed by atoms with E-state index >= 15 is 0 Å². The molecule has 0 aliphatic carbocycles. The molecule has 0 aromatic rings. The fourth-order valence-electron chi connectivity index (χ4n) is 1.34. The van der Waals surface area contributed by atoms with Crippen molar-refractivity contribution in [2.24, 2.45) is 11.8 Å². The highest BCUT2D eigenvalue weighted by Gasteiger charge is 2.11. The van der Waals surface area contributed by atoms with E-state index in [1.54, 1.807) is 39.8 Å². The fraction of sp³-hybridized carbons (Fsp3) is 0.429. The first-order valence-corrected chi connectivity index (χ1v) is 5.82. The summed E-state index contributed by atoms with van der Waals surface area (Å²) in [6.07, 6.45) is 6.08. The molecular formula is C14H20O4. The Kier molecular flexibility index (Phi) is 6.71. The van der Waals surface area contributed by atoms with E-state index in [0.717, 1.165) is 0 Å². The first-order valence-electron chi connectivity index (χ1n) is 5.82. The fourth-order valence-corrected chi connectivity index (χ4v) is 1.34. The Morgan fingerprint density at radius 1 is 0.778 bits per heavy atom. The van der Waals surface area contributed by atoms with Crippen LogP contribution in [0.4, 0.5) is 0 Å². The summed E-state index contributed by atoms with van der Waals surface area (Å²) >= 11 is 0. The third-order valence-corrected chi connectivity index (χ3v) is 2.40. The molecule has 0 amide bonds. The molecule has 0 saturated heterocycles. The molecule has 4 heteroatoms. The third-order valence-electron chi connectivity index (χ3n) is 2.40. The molecule has 0 radical (unpaired) electrons. The van der Waals surface area contributed by atoms with E-state index in [-0.39, 0.29) is 11.8 Å². The van der Waals surface area contributed by atoms with Crippen LogP contribution in [0.3, 0.4) is 0 Å². The van der Waals surface area contributed by atoms with Gasteiger partial charge in [0.1, 0.15) is 0 Å². The first-order chi connectivity index (χ1) is 8.27. The summed E-state index contributed by atoms with van der Waals surface area (Å²) in [5.41, 5.74) is 0.585. The highest BCUT2D eigenvalue weighted by atomic mass is 16.4. The van der Waals surface area contributed by atoms with Crippen molar-refractivity contribution < 1.29 is 19.8 Å². The molecule has 0 rings (SSSR count). The van der Waals surface area contributed by atoms with Gasteiger partial charge in [0.05, 0.1) is 0 Å². The monoisotopic (exact) mass is 252 g/mol. The van der Waals surface area contributed by atoms with Gasteiger partial charge >= 0.3 is 11.9 Å². The molecule has 0 saturated carbocycles. The van der Waals surface area contributed by atoms with Crippen molar-refractivity contribution in [1.29, 1.82) is 0 Å². The van der Waals surface area contributed by atoms with Crippen LogP contribution in [0.5, 0.6) is 0 Å². The Labute approximate surface area is 107 Å². The lowest BCUT2D eigenvalue weighted by Gasteiger charge is -2.04. The highest BCUT2D eigenvalue weighted by Crippen LogP contribution is 2.11. The molecule has 4 nitrogen and oxygen atoms in total. The lowest BCUT2D eigenvalue weighted by atomic mass is 10.0. The van der Waals surface area contributed by atoms with Gasteiger partial charge in [-0.15, -0.1) is 0 Å². The number of aliphatic carboxylic acids is 2. The predicted octanol–water partition coefficient (Wildman–Crippen LogP) is 2.88. The molecule has 18 heavy (non-hydrogen) atoms. The van der Waals surface area contributed by atoms with Gasteiger partial charge in [-0.05, 0) is 11.8 Å². The van der Waals surface area contributed by atoms with E-state index in [2.05, 4.69) is 0 Å². The van der Waals surface area contributed by atoms with Crippen LogP contribution in [-0.2, 0) is 9.59 Å². The highest BCUT2D eigenvalue weighted by molar-refractivity contribution is 5.88. The van der Waals surface area contributed by atoms with E-state index in [9.17, 15) is 9.59 Å². The van der Waals surface area contributed by atoms with Crippen molar-refractivity contribution in [2.75, 3.05) is 0 Å². The van der Waals surface area contributed by atoms with Gasteiger partial charge in [0.15, 0.2) is 0 Å². The Morgan fingerprint density at radius 3 is 1.22 bits per heavy atom. The number of carboxylic acids is 2. The molecular weight excluding hydrogens is 232 g/mol. The molecule has 0 aromatic heterocycles. The second kappa shape index (κ2) is 7.48. The van der Waals surface area contributed by atoms with Crippen LogP contribution in [0.15, 0.2) is 35.5 Å². The van der Waals surface area contributed by atoms with Gasteiger partial charge in [-0.3, -0.25) is 0 Å². The zero-order valence-corrected chi connectivity index (χ0v) is 11.2. The minimum absolute atomic E-state index is 0.0832. The van der Waals surface area contributed by atoms with E-state index < -0.39 is 11.9 Å². The summed E-state index contributed by atoms with van der Waals surface area (Å²) < 4.78 is 0. The zero-order chi connectivity index (χ0) is 14.3. The van der Waals surface area contributed by atoms with Crippen molar-refractivity contribution in [1.82, 2.24) is 0 Å². The Balaban J connectivity index is 4.95. The lowest BCUT2D eigenvalue weighted by molar-refractivity contribution is -0.134. The van der Waals surface area contributed by atoms with Gasteiger partial charge in [-0.25, -0.2) is 9.59 Å². The van der Waals surface area contributed by atoms with Crippen LogP contribution in [-0.4, -0.2) is 22.2 Å². The molecule has 0 atom stereocenters. The average molecular weight is 252 g/mol. The van der Waals surface area contributed by atoms with Gasteiger partial charge in [0.25, 0.3) is 0 Å². The summed E-state index contributed by atoms with van der Waals surface area (Å²) in [5.74, 6) is -2.08. The van der Waals surface area contributed by atoms with E-state index in [1.165, 1.54) is 12.2 Å². The van der Waals surface area contributed by atoms with Gasteiger partial charge in [0, 0.05) is 11.1 Å². The SMILES string of the molecule is CC(C)C(=C/C=C/C=C(/C(=O)O)C(C)C)C(=O)O. The topological polar surface area (TPSA) is 74.6 Å². The summed E-state index contributed by atoms with van der Waals surface area (Å²) in [6.45, 7) is 7.17. The predicted molar refractivity (Wildman–Crippen MR) is 70.3 cm³/mol. The maximum atomic E-state index is 10.9. The number of allylic oxidation sites excluding steroid dienone is 4. The van der Waals surface area contributed by atoms with Gasteiger partial charge in [0.2, 0.25) is 0 Å². The van der Waals surface area contributed by atoms with Crippen molar-refractivity contribution in [3.63, 3.8) is 0 Å². The molecule has 0 spiro atoms. The second-order valence-electron chi connectivity index (χ2n) is 4.55. The largest absolute Gasteiger partial charge is 0.478 e. The third kappa shape index (κ3) is 5.48. The Morgan fingerprint density at radius 2 is 1.06 bits per heavy atom. The zero-order valence-electron chi connectivity index (χ0n) is 11.2. The van der Waals surface area contributed by atoms with Gasteiger partial charge in [-0.1, -0.05) is 52.0 Å². The minimum atomic E-state index is -0.957. The molecule has 0 aliphatic rings. The van der Waals surface area contributed by atoms with Crippen LogP contribution in [0.1, 0.15) is 27.7 Å². The molecule has 2 N–H and O–H groups in total. The molecule has 0 unspecified atom stereocenters. The summed E-state index contributed by atoms with van der Waals surface area (Å²) in [7, 11) is 0. The molecule has 100 valence electrons. The molecule has 0 aliphatic heterocycles. The normalized spacial score (nSPS) is 13.7. The summed E-state index contributed by atoms with van der Waals surface area (Å²) in [5, 5.41) is 17.8. The maximum absolute atomic E-state index is 10.9. The van der Waals surface area contributed by atoms with Crippen LogP contribution in [0.2, 0.25) is 0 Å². The van der Waals surface area contributed by atoms with Crippen molar-refractivity contribution in [3.8, 4) is 0 Å². The summed E-state index contributed by atoms with van der Waals surface area (Å²) in [4.78, 5) is 21.7. The number of carbonyl (C=O) groups is 2. The number of hydrogen-bond donors (Lipinski definition) is 2. The first kappa shape index (κ1) is 16.2. The summed E-state index contributed by atoms with van der Waals surface area (Å²) in [6, 6.07) is 0. The number of rotatable bonds is 6. The van der Waals surface area contributed by atoms with E-state index in [1.807, 2.05) is 0 Å². The molecule has 0 bridgehead atoms. The average Bonchev–Trinajstić information content (AvgIpc) is 2.20. The van der Waals surface area contributed by atoms with E-state index in [0.29, 0.717) is 11.1 Å². The van der Waals surface area contributed by atoms with Crippen molar-refractivity contribution >= 4 is 11.9 Å². The lowest BCUT2D eigenvalue weighted by Crippen LogP contribution is -2.06. The quantitative estimate of drug-likeness (QED) is 0.563. The van der Waals surface area contributed by atoms with Gasteiger partial charge < -0.3 is 10.2 Å². The van der Waals surface area contributed by atoms with Crippen LogP contribution < -0.4 is 0 Å². The maximum Gasteiger partial charge on any atom is 0.331 e. The van der Waals surface area contributed by atoms with Gasteiger partial charge in [-0.2, -0.15) is 0 Å². The second-order valence-corrected chi connectivity index (χ2v) is 4.55. The standard InChI is InChI=1S/C14H20O4/c1-9(2)11(13(15)16)7-5-6-8-12(10(3)4)14(17)18/h5-10H,1-4H3,(H,15,16)(H,17,18)/b6-5+,11-7+,12-8?. The number of carboxylic acid groups (broad SMARTS) is 2. The molecule has 0 heterocycles. The number of hydrogen-bond acceptors (Lipinski definition) is 2. The smallest absolute Gasteiger partial charge is 0.331 e. The van der Waals surface area contributed by atoms with Crippen LogP contribution in [0.25, 0.3) is 0 Å². The van der Waals surface area contributed by atoms with E-state index in [4.69, 9.17) is 10.2 Å². The molecule has 0 aromatic carbocycles. The van der Waals surface area contributed by atoms with Crippen LogP contribution in [0, 0.1) is 11.8 Å². The Hall–Kier alpha value is -1.84. The van der Waals surface area contributed by atoms with Crippen LogP contribution >= 0.6 is 0 Å². The Bertz CT molecular complexity index is 360.